The molecule has 0 saturated carbocycles. The molecule has 0 radical (unpaired) electrons. The molecule has 0 aromatic carbocycles. The maximum Gasteiger partial charge on any atom is 0.134 e. The predicted octanol–water partition coefficient (Wildman–Crippen LogP) is 1.75. The Morgan fingerprint density at radius 2 is 1.80 bits per heavy atom. The lowest BCUT2D eigenvalue weighted by Crippen LogP contribution is -2.25. The summed E-state index contributed by atoms with van der Waals surface area (Å²) in [5.74, 6) is 2.32. The van der Waals surface area contributed by atoms with E-state index in [2.05, 4.69) is 14.9 Å². The van der Waals surface area contributed by atoms with Crippen LogP contribution in [0.25, 0.3) is 0 Å². The Bertz CT molecular complexity index is 309. The van der Waals surface area contributed by atoms with Gasteiger partial charge in [-0.25, -0.2) is 9.97 Å². The van der Waals surface area contributed by atoms with Crippen LogP contribution in [0.4, 0.5) is 11.6 Å². The largest absolute Gasteiger partial charge is 0.384 e. The van der Waals surface area contributed by atoms with Gasteiger partial charge in [0.2, 0.25) is 0 Å². The van der Waals surface area contributed by atoms with Crippen molar-refractivity contribution >= 4 is 11.6 Å². The molecule has 0 amide bonds. The molecule has 4 heteroatoms. The third-order valence-corrected chi connectivity index (χ3v) is 2.77. The van der Waals surface area contributed by atoms with Crippen molar-refractivity contribution in [2.45, 2.75) is 32.6 Å². The monoisotopic (exact) mass is 206 g/mol. The standard InChI is InChI=1S/C11H18N4/c1-9-13-10(12)8-11(14-9)15-6-4-2-3-5-7-15/h8H,2-7H2,1H3,(H2,12,13,14). The van der Waals surface area contributed by atoms with Gasteiger partial charge in [0, 0.05) is 19.2 Å². The van der Waals surface area contributed by atoms with Gasteiger partial charge >= 0.3 is 0 Å². The molecule has 1 fully saturated rings. The van der Waals surface area contributed by atoms with Gasteiger partial charge in [-0.05, 0) is 19.8 Å². The van der Waals surface area contributed by atoms with Crippen LogP contribution in [0.15, 0.2) is 6.07 Å². The van der Waals surface area contributed by atoms with Crippen molar-refractivity contribution in [3.8, 4) is 0 Å². The van der Waals surface area contributed by atoms with E-state index in [9.17, 15) is 0 Å². The van der Waals surface area contributed by atoms with Crippen molar-refractivity contribution in [3.63, 3.8) is 0 Å². The number of hydrogen-bond acceptors (Lipinski definition) is 4. The summed E-state index contributed by atoms with van der Waals surface area (Å²) in [6.45, 7) is 4.07. The van der Waals surface area contributed by atoms with Crippen LogP contribution >= 0.6 is 0 Å². The smallest absolute Gasteiger partial charge is 0.134 e. The third-order valence-electron chi connectivity index (χ3n) is 2.77. The Morgan fingerprint density at radius 3 is 2.40 bits per heavy atom. The minimum atomic E-state index is 0.571. The number of nitrogen functional groups attached to an aromatic ring is 1. The van der Waals surface area contributed by atoms with Gasteiger partial charge in [0.05, 0.1) is 0 Å². The summed E-state index contributed by atoms with van der Waals surface area (Å²) in [5, 5.41) is 0. The Hall–Kier alpha value is -1.32. The van der Waals surface area contributed by atoms with E-state index in [0.717, 1.165) is 24.7 Å². The molecule has 15 heavy (non-hydrogen) atoms. The topological polar surface area (TPSA) is 55.0 Å². The molecule has 0 unspecified atom stereocenters. The van der Waals surface area contributed by atoms with Crippen molar-refractivity contribution in [2.24, 2.45) is 0 Å². The first-order valence-corrected chi connectivity index (χ1v) is 5.62. The van der Waals surface area contributed by atoms with E-state index in [1.807, 2.05) is 13.0 Å². The highest BCUT2D eigenvalue weighted by Gasteiger charge is 2.11. The van der Waals surface area contributed by atoms with Crippen LogP contribution < -0.4 is 10.6 Å². The van der Waals surface area contributed by atoms with Crippen LogP contribution in [0.1, 0.15) is 31.5 Å². The maximum atomic E-state index is 5.73. The zero-order valence-corrected chi connectivity index (χ0v) is 9.24. The van der Waals surface area contributed by atoms with Gasteiger partial charge in [-0.1, -0.05) is 12.8 Å². The Morgan fingerprint density at radius 1 is 1.13 bits per heavy atom. The Labute approximate surface area is 90.5 Å². The van der Waals surface area contributed by atoms with Gasteiger partial charge in [0.1, 0.15) is 17.5 Å². The van der Waals surface area contributed by atoms with Crippen molar-refractivity contribution in [3.05, 3.63) is 11.9 Å². The van der Waals surface area contributed by atoms with Crippen LogP contribution in [0.5, 0.6) is 0 Å². The first kappa shape index (κ1) is 10.2. The highest BCUT2D eigenvalue weighted by Crippen LogP contribution is 2.18. The van der Waals surface area contributed by atoms with Gasteiger partial charge in [-0.15, -0.1) is 0 Å². The van der Waals surface area contributed by atoms with E-state index in [-0.39, 0.29) is 0 Å². The number of rotatable bonds is 1. The van der Waals surface area contributed by atoms with E-state index < -0.39 is 0 Å². The average Bonchev–Trinajstić information content (AvgIpc) is 2.43. The SMILES string of the molecule is Cc1nc(N)cc(N2CCCCCC2)n1. The molecule has 0 atom stereocenters. The maximum absolute atomic E-state index is 5.73. The minimum absolute atomic E-state index is 0.571. The van der Waals surface area contributed by atoms with Crippen molar-refractivity contribution in [1.29, 1.82) is 0 Å². The molecule has 0 spiro atoms. The second kappa shape index (κ2) is 4.47. The summed E-state index contributed by atoms with van der Waals surface area (Å²) in [6.07, 6.45) is 5.16. The fraction of sp³-hybridized carbons (Fsp3) is 0.636. The van der Waals surface area contributed by atoms with Gasteiger partial charge in [-0.2, -0.15) is 0 Å². The summed E-state index contributed by atoms with van der Waals surface area (Å²) in [5.41, 5.74) is 5.73. The normalized spacial score (nSPS) is 17.5. The minimum Gasteiger partial charge on any atom is -0.384 e. The van der Waals surface area contributed by atoms with Crippen molar-refractivity contribution in [1.82, 2.24) is 9.97 Å². The average molecular weight is 206 g/mol. The molecule has 1 aliphatic heterocycles. The predicted molar refractivity (Wildman–Crippen MR) is 61.9 cm³/mol. The molecular formula is C11H18N4. The summed E-state index contributed by atoms with van der Waals surface area (Å²) in [7, 11) is 0. The second-order valence-corrected chi connectivity index (χ2v) is 4.10. The number of anilines is 2. The van der Waals surface area contributed by atoms with E-state index in [1.165, 1.54) is 25.7 Å². The van der Waals surface area contributed by atoms with E-state index in [1.54, 1.807) is 0 Å². The highest BCUT2D eigenvalue weighted by molar-refractivity contribution is 5.46. The van der Waals surface area contributed by atoms with Crippen LogP contribution in [0.2, 0.25) is 0 Å². The lowest BCUT2D eigenvalue weighted by molar-refractivity contribution is 0.726. The molecule has 0 bridgehead atoms. The number of nitrogens with two attached hydrogens (primary N) is 1. The van der Waals surface area contributed by atoms with Crippen LogP contribution in [0.3, 0.4) is 0 Å². The zero-order chi connectivity index (χ0) is 10.7. The zero-order valence-electron chi connectivity index (χ0n) is 9.24. The van der Waals surface area contributed by atoms with Crippen molar-refractivity contribution < 1.29 is 0 Å². The number of hydrogen-bond donors (Lipinski definition) is 1. The summed E-state index contributed by atoms with van der Waals surface area (Å²) in [6, 6.07) is 1.87. The number of aryl methyl sites for hydroxylation is 1. The molecule has 0 aliphatic carbocycles. The second-order valence-electron chi connectivity index (χ2n) is 4.10. The van der Waals surface area contributed by atoms with Crippen LogP contribution in [-0.4, -0.2) is 23.1 Å². The molecule has 2 rings (SSSR count). The summed E-state index contributed by atoms with van der Waals surface area (Å²) >= 11 is 0. The molecule has 1 saturated heterocycles. The fourth-order valence-corrected chi connectivity index (χ4v) is 2.04. The van der Waals surface area contributed by atoms with Gasteiger partial charge in [0.15, 0.2) is 0 Å². The Balaban J connectivity index is 2.19. The molecular weight excluding hydrogens is 188 g/mol. The lowest BCUT2D eigenvalue weighted by atomic mass is 10.2. The van der Waals surface area contributed by atoms with Crippen LogP contribution in [0, 0.1) is 6.92 Å². The lowest BCUT2D eigenvalue weighted by Gasteiger charge is -2.21. The van der Waals surface area contributed by atoms with Gasteiger partial charge < -0.3 is 10.6 Å². The number of nitrogens with zero attached hydrogens (tertiary/aromatic N) is 3. The molecule has 1 aromatic rings. The van der Waals surface area contributed by atoms with Crippen LogP contribution in [-0.2, 0) is 0 Å². The van der Waals surface area contributed by atoms with Gasteiger partial charge in [0.25, 0.3) is 0 Å². The molecule has 4 nitrogen and oxygen atoms in total. The number of aromatic nitrogens is 2. The Kier molecular flexibility index (Phi) is 3.04. The highest BCUT2D eigenvalue weighted by atomic mass is 15.2. The van der Waals surface area contributed by atoms with Gasteiger partial charge in [-0.3, -0.25) is 0 Å². The van der Waals surface area contributed by atoms with Crippen molar-refractivity contribution in [2.75, 3.05) is 23.7 Å². The van der Waals surface area contributed by atoms with E-state index in [0.29, 0.717) is 5.82 Å². The quantitative estimate of drug-likeness (QED) is 0.760. The first-order chi connectivity index (χ1) is 7.25. The van der Waals surface area contributed by atoms with E-state index in [4.69, 9.17) is 5.73 Å². The summed E-state index contributed by atoms with van der Waals surface area (Å²) in [4.78, 5) is 10.8. The third kappa shape index (κ3) is 2.58. The summed E-state index contributed by atoms with van der Waals surface area (Å²) < 4.78 is 0. The molecule has 2 N–H and O–H groups in total. The fourth-order valence-electron chi connectivity index (χ4n) is 2.04. The van der Waals surface area contributed by atoms with E-state index >= 15 is 0 Å². The molecule has 1 aliphatic rings. The first-order valence-electron chi connectivity index (χ1n) is 5.62. The molecule has 1 aromatic heterocycles. The molecule has 2 heterocycles. The molecule has 82 valence electrons.